The third-order valence-corrected chi connectivity index (χ3v) is 7.61. The second-order valence-electron chi connectivity index (χ2n) is 10.2. The molecule has 3 heteroatoms. The van der Waals surface area contributed by atoms with Crippen molar-refractivity contribution in [3.8, 4) is 22.3 Å². The summed E-state index contributed by atoms with van der Waals surface area (Å²) in [6, 6.07) is 35.5. The molecule has 0 saturated heterocycles. The number of nitrogens with zero attached hydrogens (tertiary/aromatic N) is 1. The zero-order valence-corrected chi connectivity index (χ0v) is 22.8. The normalized spacial score (nSPS) is 12.6. The maximum absolute atomic E-state index is 8.96. The van der Waals surface area contributed by atoms with Crippen LogP contribution in [0.1, 0.15) is 27.8 Å². The molecular weight excluding hydrogens is 498 g/mol. The van der Waals surface area contributed by atoms with Crippen molar-refractivity contribution >= 4 is 22.4 Å². The molecule has 0 fully saturated rings. The van der Waals surface area contributed by atoms with E-state index in [4.69, 9.17) is 16.1 Å². The molecule has 0 atom stereocenters. The van der Waals surface area contributed by atoms with E-state index < -0.39 is 0 Å². The van der Waals surface area contributed by atoms with Gasteiger partial charge in [-0.15, -0.1) is 0 Å². The Balaban J connectivity index is 1.44. The van der Waals surface area contributed by atoms with Gasteiger partial charge in [0.05, 0.1) is 0 Å². The molecule has 1 aliphatic carbocycles. The summed E-state index contributed by atoms with van der Waals surface area (Å²) in [6.45, 7) is 3.70. The Morgan fingerprint density at radius 1 is 0.780 bits per heavy atom. The van der Waals surface area contributed by atoms with E-state index in [-0.39, 0.29) is 5.84 Å². The summed E-state index contributed by atoms with van der Waals surface area (Å²) < 4.78 is 0. The Morgan fingerprint density at radius 3 is 2.41 bits per heavy atom. The SMILES string of the molecule is C=C/C=C\C=C/Cc1ccc(-c2ccc3c(c2C(N)=NC(=N)c2cccc4ccccc24)-c2ccccc2C3)cc1. The summed E-state index contributed by atoms with van der Waals surface area (Å²) in [4.78, 5) is 4.74. The molecule has 1 aliphatic rings. The fourth-order valence-corrected chi connectivity index (χ4v) is 5.65. The van der Waals surface area contributed by atoms with Crippen molar-refractivity contribution < 1.29 is 0 Å². The lowest BCUT2D eigenvalue weighted by Gasteiger charge is -2.16. The van der Waals surface area contributed by atoms with E-state index in [9.17, 15) is 0 Å². The highest BCUT2D eigenvalue weighted by atomic mass is 14.9. The van der Waals surface area contributed by atoms with Gasteiger partial charge >= 0.3 is 0 Å². The molecular formula is C38H31N3. The molecule has 0 heterocycles. The Morgan fingerprint density at radius 2 is 1.56 bits per heavy atom. The van der Waals surface area contributed by atoms with Gasteiger partial charge in [-0.3, -0.25) is 5.41 Å². The summed E-state index contributed by atoms with van der Waals surface area (Å²) in [5.41, 5.74) is 16.6. The molecule has 6 rings (SSSR count). The fourth-order valence-electron chi connectivity index (χ4n) is 5.65. The maximum atomic E-state index is 8.96. The summed E-state index contributed by atoms with van der Waals surface area (Å²) >= 11 is 0. The molecule has 0 amide bonds. The van der Waals surface area contributed by atoms with Crippen LogP contribution in [0, 0.1) is 5.41 Å². The van der Waals surface area contributed by atoms with E-state index in [0.717, 1.165) is 51.4 Å². The lowest BCUT2D eigenvalue weighted by molar-refractivity contribution is 1.26. The van der Waals surface area contributed by atoms with Gasteiger partial charge in [0.2, 0.25) is 0 Å². The summed E-state index contributed by atoms with van der Waals surface area (Å²) in [5.74, 6) is 0.509. The number of fused-ring (bicyclic) bond motifs is 4. The van der Waals surface area contributed by atoms with Gasteiger partial charge in [0.15, 0.2) is 5.84 Å². The zero-order chi connectivity index (χ0) is 28.2. The van der Waals surface area contributed by atoms with E-state index in [1.54, 1.807) is 6.08 Å². The zero-order valence-electron chi connectivity index (χ0n) is 22.8. The first-order chi connectivity index (χ1) is 20.1. The first kappa shape index (κ1) is 26.0. The Hall–Kier alpha value is -5.28. The molecule has 0 unspecified atom stereocenters. The molecule has 5 aromatic carbocycles. The van der Waals surface area contributed by atoms with Crippen molar-refractivity contribution in [2.45, 2.75) is 12.8 Å². The topological polar surface area (TPSA) is 62.2 Å². The monoisotopic (exact) mass is 529 g/mol. The predicted molar refractivity (Wildman–Crippen MR) is 174 cm³/mol. The number of hydrogen-bond donors (Lipinski definition) is 2. The number of nitrogens with two attached hydrogens (primary N) is 1. The van der Waals surface area contributed by atoms with Crippen molar-refractivity contribution in [1.29, 1.82) is 5.41 Å². The van der Waals surface area contributed by atoms with E-state index in [0.29, 0.717) is 5.84 Å². The summed E-state index contributed by atoms with van der Waals surface area (Å²) in [5, 5.41) is 11.0. The van der Waals surface area contributed by atoms with Crippen LogP contribution in [0.15, 0.2) is 145 Å². The summed E-state index contributed by atoms with van der Waals surface area (Å²) in [7, 11) is 0. The van der Waals surface area contributed by atoms with Gasteiger partial charge in [-0.05, 0) is 62.6 Å². The molecule has 0 radical (unpaired) electrons. The van der Waals surface area contributed by atoms with Crippen LogP contribution < -0.4 is 5.73 Å². The maximum Gasteiger partial charge on any atom is 0.154 e. The van der Waals surface area contributed by atoms with Crippen molar-refractivity contribution in [3.05, 3.63) is 168 Å². The van der Waals surface area contributed by atoms with Crippen LogP contribution in [0.4, 0.5) is 0 Å². The molecule has 5 aromatic rings. The van der Waals surface area contributed by atoms with Gasteiger partial charge in [0, 0.05) is 11.1 Å². The largest absolute Gasteiger partial charge is 0.383 e. The van der Waals surface area contributed by atoms with Crippen molar-refractivity contribution in [2.75, 3.05) is 0 Å². The minimum Gasteiger partial charge on any atom is -0.383 e. The standard InChI is InChI=1S/C38H31N3/c1-2-3-4-5-6-12-26-19-21-28(22-20-26)33-24-23-30-25-29-14-8-10-17-32(29)35(30)36(33)38(40)41-37(39)34-18-11-15-27-13-7-9-16-31(27)34/h2-11,13-24H,1,12,25H2,(H3,39,40,41)/b4-3-,6-5-. The molecule has 3 nitrogen and oxygen atoms in total. The van der Waals surface area contributed by atoms with Crippen LogP contribution >= 0.6 is 0 Å². The van der Waals surface area contributed by atoms with Gasteiger partial charge in [0.25, 0.3) is 0 Å². The highest BCUT2D eigenvalue weighted by molar-refractivity contribution is 6.18. The van der Waals surface area contributed by atoms with Crippen LogP contribution in [-0.2, 0) is 12.8 Å². The number of allylic oxidation sites excluding steroid dienone is 5. The van der Waals surface area contributed by atoms with Crippen LogP contribution in [0.3, 0.4) is 0 Å². The predicted octanol–water partition coefficient (Wildman–Crippen LogP) is 8.65. The van der Waals surface area contributed by atoms with E-state index in [1.807, 2.05) is 48.6 Å². The van der Waals surface area contributed by atoms with Crippen LogP contribution in [0.2, 0.25) is 0 Å². The van der Waals surface area contributed by atoms with E-state index in [2.05, 4.69) is 85.5 Å². The third-order valence-electron chi connectivity index (χ3n) is 7.61. The molecule has 0 spiro atoms. The number of rotatable bonds is 7. The highest BCUT2D eigenvalue weighted by Gasteiger charge is 2.25. The Kier molecular flexibility index (Phi) is 7.25. The van der Waals surface area contributed by atoms with Gasteiger partial charge in [0.1, 0.15) is 5.84 Å². The van der Waals surface area contributed by atoms with Crippen molar-refractivity contribution in [2.24, 2.45) is 10.7 Å². The van der Waals surface area contributed by atoms with Crippen LogP contribution in [-0.4, -0.2) is 11.7 Å². The molecule has 3 N–H and O–H groups in total. The minimum atomic E-state index is 0.154. The first-order valence-corrected chi connectivity index (χ1v) is 13.8. The average molecular weight is 530 g/mol. The molecule has 198 valence electrons. The lowest BCUT2D eigenvalue weighted by atomic mass is 9.90. The first-order valence-electron chi connectivity index (χ1n) is 13.8. The molecule has 0 saturated carbocycles. The number of hydrogen-bond acceptors (Lipinski definition) is 1. The number of benzene rings is 5. The number of aliphatic imine (C=N–C) groups is 1. The smallest absolute Gasteiger partial charge is 0.154 e. The van der Waals surface area contributed by atoms with Crippen molar-refractivity contribution in [3.63, 3.8) is 0 Å². The minimum absolute atomic E-state index is 0.154. The van der Waals surface area contributed by atoms with Crippen LogP contribution in [0.5, 0.6) is 0 Å². The van der Waals surface area contributed by atoms with Crippen molar-refractivity contribution in [1.82, 2.24) is 0 Å². The van der Waals surface area contributed by atoms with Crippen LogP contribution in [0.25, 0.3) is 33.0 Å². The lowest BCUT2D eigenvalue weighted by Crippen LogP contribution is -2.19. The third kappa shape index (κ3) is 5.18. The summed E-state index contributed by atoms with van der Waals surface area (Å²) in [6.07, 6.45) is 11.5. The Labute approximate surface area is 241 Å². The van der Waals surface area contributed by atoms with Gasteiger partial charge in [-0.25, -0.2) is 4.99 Å². The molecule has 0 aromatic heterocycles. The van der Waals surface area contributed by atoms with Gasteiger partial charge < -0.3 is 5.73 Å². The molecule has 0 aliphatic heterocycles. The fraction of sp³-hybridized carbons (Fsp3) is 0.0526. The second kappa shape index (κ2) is 11.4. The molecule has 41 heavy (non-hydrogen) atoms. The number of nitrogens with one attached hydrogen (secondary N) is 1. The highest BCUT2D eigenvalue weighted by Crippen LogP contribution is 2.42. The van der Waals surface area contributed by atoms with E-state index in [1.165, 1.54) is 22.3 Å². The second-order valence-corrected chi connectivity index (χ2v) is 10.2. The Bertz CT molecular complexity index is 1870. The van der Waals surface area contributed by atoms with Gasteiger partial charge in [-0.2, -0.15) is 0 Å². The quantitative estimate of drug-likeness (QED) is 0.121. The van der Waals surface area contributed by atoms with E-state index >= 15 is 0 Å². The molecule has 0 bridgehead atoms. The number of amidine groups is 2. The average Bonchev–Trinajstić information content (AvgIpc) is 3.39. The van der Waals surface area contributed by atoms with Gasteiger partial charge in [-0.1, -0.05) is 140 Å².